The van der Waals surface area contributed by atoms with Gasteiger partial charge in [0.15, 0.2) is 0 Å². The van der Waals surface area contributed by atoms with E-state index in [1.165, 1.54) is 38.2 Å². The maximum atomic E-state index is 14.2. The van der Waals surface area contributed by atoms with Crippen LogP contribution in [-0.4, -0.2) is 13.2 Å². The number of rotatable bonds is 7. The lowest BCUT2D eigenvalue weighted by molar-refractivity contribution is 0.208. The van der Waals surface area contributed by atoms with Crippen molar-refractivity contribution >= 4 is 0 Å². The number of halogens is 1. The average molecular weight is 293 g/mol. The molecule has 3 heteroatoms. The summed E-state index contributed by atoms with van der Waals surface area (Å²) >= 11 is 0. The van der Waals surface area contributed by atoms with Crippen molar-refractivity contribution in [2.45, 2.75) is 58.4 Å². The number of hydrogen-bond donors (Lipinski definition) is 1. The molecule has 0 aromatic heterocycles. The zero-order valence-corrected chi connectivity index (χ0v) is 13.3. The molecule has 1 fully saturated rings. The van der Waals surface area contributed by atoms with Crippen LogP contribution in [0.2, 0.25) is 0 Å². The Morgan fingerprint density at radius 2 is 2.05 bits per heavy atom. The number of ether oxygens (including phenoxy) is 1. The van der Waals surface area contributed by atoms with Gasteiger partial charge in [-0.05, 0) is 44.7 Å². The summed E-state index contributed by atoms with van der Waals surface area (Å²) in [5, 5.41) is 3.31. The minimum absolute atomic E-state index is 0.0392. The first kappa shape index (κ1) is 16.3. The van der Waals surface area contributed by atoms with Crippen molar-refractivity contribution in [3.8, 4) is 5.75 Å². The van der Waals surface area contributed by atoms with Gasteiger partial charge in [0.05, 0.1) is 6.61 Å². The molecule has 1 aliphatic carbocycles. The summed E-state index contributed by atoms with van der Waals surface area (Å²) in [7, 11) is 0. The number of benzene rings is 1. The van der Waals surface area contributed by atoms with E-state index < -0.39 is 0 Å². The molecule has 1 aromatic rings. The average Bonchev–Trinajstić information content (AvgIpc) is 2.51. The van der Waals surface area contributed by atoms with E-state index in [0.29, 0.717) is 17.2 Å². The van der Waals surface area contributed by atoms with Gasteiger partial charge in [-0.3, -0.25) is 0 Å². The summed E-state index contributed by atoms with van der Waals surface area (Å²) in [4.78, 5) is 0. The van der Waals surface area contributed by atoms with E-state index in [1.807, 2.05) is 19.1 Å². The van der Waals surface area contributed by atoms with Gasteiger partial charge in [0.2, 0.25) is 0 Å². The van der Waals surface area contributed by atoms with Gasteiger partial charge in [-0.25, -0.2) is 4.39 Å². The predicted molar refractivity (Wildman–Crippen MR) is 85.2 cm³/mol. The summed E-state index contributed by atoms with van der Waals surface area (Å²) in [6.45, 7) is 5.73. The van der Waals surface area contributed by atoms with Crippen molar-refractivity contribution in [2.75, 3.05) is 13.2 Å². The Kier molecular flexibility index (Phi) is 6.50. The Hall–Kier alpha value is -1.09. The van der Waals surface area contributed by atoms with Gasteiger partial charge >= 0.3 is 0 Å². The van der Waals surface area contributed by atoms with E-state index in [0.717, 1.165) is 19.6 Å². The van der Waals surface area contributed by atoms with Crippen LogP contribution in [0.1, 0.15) is 64.0 Å². The van der Waals surface area contributed by atoms with Crippen molar-refractivity contribution in [1.29, 1.82) is 0 Å². The fourth-order valence-electron chi connectivity index (χ4n) is 2.99. The zero-order valence-electron chi connectivity index (χ0n) is 13.3. The Balaban J connectivity index is 1.88. The van der Waals surface area contributed by atoms with Gasteiger partial charge in [0, 0.05) is 17.7 Å². The maximum Gasteiger partial charge on any atom is 0.131 e. The summed E-state index contributed by atoms with van der Waals surface area (Å²) in [5.41, 5.74) is 0.716. The van der Waals surface area contributed by atoms with Gasteiger partial charge in [0.1, 0.15) is 11.6 Å². The highest BCUT2D eigenvalue weighted by Gasteiger charge is 2.15. The molecule has 118 valence electrons. The van der Waals surface area contributed by atoms with Gasteiger partial charge < -0.3 is 10.1 Å². The molecule has 2 nitrogen and oxygen atoms in total. The molecule has 21 heavy (non-hydrogen) atoms. The van der Waals surface area contributed by atoms with Gasteiger partial charge in [-0.2, -0.15) is 0 Å². The van der Waals surface area contributed by atoms with E-state index in [9.17, 15) is 4.39 Å². The van der Waals surface area contributed by atoms with Gasteiger partial charge in [0.25, 0.3) is 0 Å². The summed E-state index contributed by atoms with van der Waals surface area (Å²) in [5.74, 6) is 1.13. The third-order valence-electron chi connectivity index (χ3n) is 4.35. The SMILES string of the molecule is CCCNC(C)c1ccc(OCC2CCCCC2)cc1F. The third-order valence-corrected chi connectivity index (χ3v) is 4.35. The highest BCUT2D eigenvalue weighted by Crippen LogP contribution is 2.26. The van der Waals surface area contributed by atoms with Crippen LogP contribution in [0.5, 0.6) is 5.75 Å². The maximum absolute atomic E-state index is 14.2. The standard InChI is InChI=1S/C18H28FNO/c1-3-11-20-14(2)17-10-9-16(12-18(17)19)21-13-15-7-5-4-6-8-15/h9-10,12,14-15,20H,3-8,11,13H2,1-2H3. The molecule has 0 amide bonds. The topological polar surface area (TPSA) is 21.3 Å². The van der Waals surface area contributed by atoms with E-state index in [-0.39, 0.29) is 11.9 Å². The highest BCUT2D eigenvalue weighted by atomic mass is 19.1. The Morgan fingerprint density at radius 1 is 1.29 bits per heavy atom. The molecule has 0 spiro atoms. The normalized spacial score (nSPS) is 17.7. The summed E-state index contributed by atoms with van der Waals surface area (Å²) in [6.07, 6.45) is 7.51. The molecule has 0 bridgehead atoms. The van der Waals surface area contributed by atoms with E-state index in [2.05, 4.69) is 12.2 Å². The lowest BCUT2D eigenvalue weighted by Crippen LogP contribution is -2.20. The van der Waals surface area contributed by atoms with Gasteiger partial charge in [-0.15, -0.1) is 0 Å². The fraction of sp³-hybridized carbons (Fsp3) is 0.667. The lowest BCUT2D eigenvalue weighted by atomic mass is 9.90. The minimum Gasteiger partial charge on any atom is -0.493 e. The molecule has 0 radical (unpaired) electrons. The van der Waals surface area contributed by atoms with Crippen LogP contribution in [0.3, 0.4) is 0 Å². The van der Waals surface area contributed by atoms with Crippen molar-refractivity contribution in [2.24, 2.45) is 5.92 Å². The minimum atomic E-state index is -0.174. The molecule has 1 N–H and O–H groups in total. The number of hydrogen-bond acceptors (Lipinski definition) is 2. The highest BCUT2D eigenvalue weighted by molar-refractivity contribution is 5.30. The molecule has 1 aliphatic rings. The Morgan fingerprint density at radius 3 is 2.71 bits per heavy atom. The van der Waals surface area contributed by atoms with Crippen LogP contribution < -0.4 is 10.1 Å². The molecule has 0 aliphatic heterocycles. The second-order valence-corrected chi connectivity index (χ2v) is 6.17. The largest absolute Gasteiger partial charge is 0.493 e. The van der Waals surface area contributed by atoms with E-state index in [1.54, 1.807) is 0 Å². The second kappa shape index (κ2) is 8.38. The van der Waals surface area contributed by atoms with Crippen LogP contribution in [0.4, 0.5) is 4.39 Å². The molecule has 1 saturated carbocycles. The molecule has 2 rings (SSSR count). The van der Waals surface area contributed by atoms with Crippen LogP contribution in [0.15, 0.2) is 18.2 Å². The molecule has 0 heterocycles. The fourth-order valence-corrected chi connectivity index (χ4v) is 2.99. The van der Waals surface area contributed by atoms with Crippen molar-refractivity contribution < 1.29 is 9.13 Å². The molecule has 1 aromatic carbocycles. The van der Waals surface area contributed by atoms with Crippen molar-refractivity contribution in [1.82, 2.24) is 5.32 Å². The quantitative estimate of drug-likeness (QED) is 0.776. The first-order valence-corrected chi connectivity index (χ1v) is 8.36. The smallest absolute Gasteiger partial charge is 0.131 e. The van der Waals surface area contributed by atoms with Crippen LogP contribution in [0.25, 0.3) is 0 Å². The lowest BCUT2D eigenvalue weighted by Gasteiger charge is -2.22. The first-order valence-electron chi connectivity index (χ1n) is 8.36. The summed E-state index contributed by atoms with van der Waals surface area (Å²) < 4.78 is 20.0. The van der Waals surface area contributed by atoms with Crippen LogP contribution >= 0.6 is 0 Å². The predicted octanol–water partition coefficient (Wildman–Crippen LogP) is 4.85. The van der Waals surface area contributed by atoms with Crippen LogP contribution in [0, 0.1) is 11.7 Å². The molecule has 1 unspecified atom stereocenters. The molecule has 0 saturated heterocycles. The van der Waals surface area contributed by atoms with Crippen molar-refractivity contribution in [3.05, 3.63) is 29.6 Å². The van der Waals surface area contributed by atoms with E-state index >= 15 is 0 Å². The zero-order chi connectivity index (χ0) is 15.1. The number of nitrogens with one attached hydrogen (secondary N) is 1. The molecular formula is C18H28FNO. The Bertz CT molecular complexity index is 429. The molecule has 1 atom stereocenters. The summed E-state index contributed by atoms with van der Waals surface area (Å²) in [6, 6.07) is 5.31. The third kappa shape index (κ3) is 4.99. The second-order valence-electron chi connectivity index (χ2n) is 6.17. The molecular weight excluding hydrogens is 265 g/mol. The van der Waals surface area contributed by atoms with Crippen molar-refractivity contribution in [3.63, 3.8) is 0 Å². The Labute approximate surface area is 128 Å². The van der Waals surface area contributed by atoms with E-state index in [4.69, 9.17) is 4.74 Å². The van der Waals surface area contributed by atoms with Crippen LogP contribution in [-0.2, 0) is 0 Å². The monoisotopic (exact) mass is 293 g/mol. The first-order chi connectivity index (χ1) is 10.2. The van der Waals surface area contributed by atoms with Gasteiger partial charge in [-0.1, -0.05) is 32.3 Å².